The minimum atomic E-state index is -0.751. The molecule has 0 amide bonds. The number of hydrogen-bond acceptors (Lipinski definition) is 4. The molecule has 3 rings (SSSR count). The fourth-order valence-electron chi connectivity index (χ4n) is 4.25. The van der Waals surface area contributed by atoms with E-state index in [1.165, 1.54) is 37.7 Å². The first-order chi connectivity index (χ1) is 13.1. The molecule has 0 aromatic heterocycles. The Morgan fingerprint density at radius 2 is 1.89 bits per heavy atom. The number of aliphatic carboxylic acids is 1. The third-order valence-corrected chi connectivity index (χ3v) is 5.97. The van der Waals surface area contributed by atoms with Crippen LogP contribution < -0.4 is 9.47 Å². The van der Waals surface area contributed by atoms with E-state index in [4.69, 9.17) is 14.6 Å². The zero-order valence-corrected chi connectivity index (χ0v) is 17.8. The number of carbonyl (C=O) groups is 1. The van der Waals surface area contributed by atoms with Gasteiger partial charge in [0, 0.05) is 11.0 Å². The lowest BCUT2D eigenvalue weighted by molar-refractivity contribution is -0.138. The molecule has 2 aliphatic heterocycles. The van der Waals surface area contributed by atoms with E-state index in [0.29, 0.717) is 6.61 Å². The zero-order valence-electron chi connectivity index (χ0n) is 17.0. The van der Waals surface area contributed by atoms with Crippen molar-refractivity contribution in [2.75, 3.05) is 32.8 Å². The molecule has 2 heterocycles. The Balaban J connectivity index is 0.00000280. The lowest BCUT2D eigenvalue weighted by atomic mass is 9.74. The Kier molecular flexibility index (Phi) is 8.90. The molecule has 1 aromatic rings. The van der Waals surface area contributed by atoms with E-state index in [1.54, 1.807) is 0 Å². The first-order valence-corrected chi connectivity index (χ1v) is 10.5. The summed E-state index contributed by atoms with van der Waals surface area (Å²) >= 11 is 0. The number of nitrogens with zero attached hydrogens (tertiary/aromatic N) is 1. The maximum atomic E-state index is 10.9. The van der Waals surface area contributed by atoms with E-state index >= 15 is 0 Å². The number of unbranched alkanes of at least 4 members (excludes halogenated alkanes) is 5. The molecule has 28 heavy (non-hydrogen) atoms. The second-order valence-electron chi connectivity index (χ2n) is 8.01. The number of carboxylic acid groups (broad SMARTS) is 1. The molecule has 1 saturated heterocycles. The van der Waals surface area contributed by atoms with E-state index in [9.17, 15) is 4.79 Å². The Labute approximate surface area is 174 Å². The standard InChI is InChI=1S/C22H33NO4.ClH/c1-2-3-4-5-6-7-14-26-18-8-9-20-19(15-18)22(17-27-20)10-12-23(13-11-22)16-21(24)25;/h8-9,15H,2-7,10-14,16-17H2,1H3,(H,24,25);1H. The van der Waals surface area contributed by atoms with Crippen molar-refractivity contribution in [3.8, 4) is 11.5 Å². The van der Waals surface area contributed by atoms with Crippen molar-refractivity contribution in [2.24, 2.45) is 0 Å². The lowest BCUT2D eigenvalue weighted by Gasteiger charge is -2.37. The number of ether oxygens (including phenoxy) is 2. The normalized spacial score (nSPS) is 17.6. The van der Waals surface area contributed by atoms with Crippen molar-refractivity contribution in [2.45, 2.75) is 63.7 Å². The van der Waals surface area contributed by atoms with Crippen LogP contribution in [0.3, 0.4) is 0 Å². The molecule has 0 bridgehead atoms. The van der Waals surface area contributed by atoms with Gasteiger partial charge >= 0.3 is 5.97 Å². The number of carboxylic acids is 1. The van der Waals surface area contributed by atoms with Gasteiger partial charge in [-0.15, -0.1) is 12.4 Å². The van der Waals surface area contributed by atoms with Crippen LogP contribution in [-0.2, 0) is 10.2 Å². The van der Waals surface area contributed by atoms with Crippen LogP contribution in [0, 0.1) is 0 Å². The Morgan fingerprint density at radius 1 is 1.18 bits per heavy atom. The fraction of sp³-hybridized carbons (Fsp3) is 0.682. The van der Waals surface area contributed by atoms with Gasteiger partial charge in [0.05, 0.1) is 19.8 Å². The molecule has 1 aromatic carbocycles. The molecule has 0 unspecified atom stereocenters. The average molecular weight is 412 g/mol. The third kappa shape index (κ3) is 5.77. The number of likely N-dealkylation sites (tertiary alicyclic amines) is 1. The van der Waals surface area contributed by atoms with Gasteiger partial charge in [0.2, 0.25) is 0 Å². The van der Waals surface area contributed by atoms with E-state index in [0.717, 1.165) is 50.5 Å². The van der Waals surface area contributed by atoms with Crippen molar-refractivity contribution >= 4 is 18.4 Å². The second kappa shape index (κ2) is 10.9. The minimum absolute atomic E-state index is 0. The minimum Gasteiger partial charge on any atom is -0.494 e. The predicted octanol–water partition coefficient (Wildman–Crippen LogP) is 4.66. The summed E-state index contributed by atoms with van der Waals surface area (Å²) in [5, 5.41) is 9.00. The zero-order chi connectivity index (χ0) is 19.1. The van der Waals surface area contributed by atoms with Crippen LogP contribution in [0.25, 0.3) is 0 Å². The van der Waals surface area contributed by atoms with Gasteiger partial charge < -0.3 is 14.6 Å². The summed E-state index contributed by atoms with van der Waals surface area (Å²) in [6.07, 6.45) is 9.45. The summed E-state index contributed by atoms with van der Waals surface area (Å²) in [4.78, 5) is 13.0. The smallest absolute Gasteiger partial charge is 0.317 e. The van der Waals surface area contributed by atoms with E-state index in [1.807, 2.05) is 17.0 Å². The molecule has 1 N–H and O–H groups in total. The van der Waals surface area contributed by atoms with Crippen molar-refractivity contribution < 1.29 is 19.4 Å². The molecule has 6 heteroatoms. The number of hydrogen-bond donors (Lipinski definition) is 1. The van der Waals surface area contributed by atoms with Gasteiger partial charge in [-0.2, -0.15) is 0 Å². The molecule has 158 valence electrons. The van der Waals surface area contributed by atoms with Crippen LogP contribution in [0.2, 0.25) is 0 Å². The Hall–Kier alpha value is -1.46. The van der Waals surface area contributed by atoms with Crippen molar-refractivity contribution in [1.82, 2.24) is 4.90 Å². The van der Waals surface area contributed by atoms with Crippen LogP contribution in [0.5, 0.6) is 11.5 Å². The molecule has 0 radical (unpaired) electrons. The van der Waals surface area contributed by atoms with E-state index in [-0.39, 0.29) is 24.4 Å². The van der Waals surface area contributed by atoms with Gasteiger partial charge in [-0.3, -0.25) is 9.69 Å². The van der Waals surface area contributed by atoms with Crippen molar-refractivity contribution in [3.05, 3.63) is 23.8 Å². The first kappa shape index (κ1) is 22.8. The van der Waals surface area contributed by atoms with Crippen LogP contribution in [-0.4, -0.2) is 48.8 Å². The number of rotatable bonds is 10. The van der Waals surface area contributed by atoms with Crippen LogP contribution in [0.1, 0.15) is 63.9 Å². The lowest BCUT2D eigenvalue weighted by Crippen LogP contribution is -2.45. The Bertz CT molecular complexity index is 629. The van der Waals surface area contributed by atoms with Crippen LogP contribution in [0.15, 0.2) is 18.2 Å². The third-order valence-electron chi connectivity index (χ3n) is 5.97. The maximum absolute atomic E-state index is 10.9. The highest BCUT2D eigenvalue weighted by atomic mass is 35.5. The summed E-state index contributed by atoms with van der Waals surface area (Å²) in [6, 6.07) is 6.20. The number of piperidine rings is 1. The summed E-state index contributed by atoms with van der Waals surface area (Å²) in [6.45, 7) is 5.44. The van der Waals surface area contributed by atoms with E-state index in [2.05, 4.69) is 13.0 Å². The molecule has 0 saturated carbocycles. The molecule has 1 spiro atoms. The number of halogens is 1. The van der Waals surface area contributed by atoms with Crippen LogP contribution in [0.4, 0.5) is 0 Å². The maximum Gasteiger partial charge on any atom is 0.317 e. The van der Waals surface area contributed by atoms with Gasteiger partial charge in [-0.1, -0.05) is 39.0 Å². The summed E-state index contributed by atoms with van der Waals surface area (Å²) in [5.74, 6) is 1.15. The Morgan fingerprint density at radius 3 is 2.61 bits per heavy atom. The summed E-state index contributed by atoms with van der Waals surface area (Å²) < 4.78 is 12.0. The molecular formula is C22H34ClNO4. The quantitative estimate of drug-likeness (QED) is 0.567. The molecule has 2 aliphatic rings. The predicted molar refractivity (Wildman–Crippen MR) is 113 cm³/mol. The van der Waals surface area contributed by atoms with Gasteiger partial charge in [-0.25, -0.2) is 0 Å². The van der Waals surface area contributed by atoms with Gasteiger partial charge in [0.1, 0.15) is 11.5 Å². The highest BCUT2D eigenvalue weighted by Crippen LogP contribution is 2.46. The van der Waals surface area contributed by atoms with E-state index < -0.39 is 5.97 Å². The monoisotopic (exact) mass is 411 g/mol. The SMILES string of the molecule is CCCCCCCCOc1ccc2c(c1)C1(CCN(CC(=O)O)CC1)CO2.Cl. The van der Waals surface area contributed by atoms with Crippen molar-refractivity contribution in [3.63, 3.8) is 0 Å². The molecule has 5 nitrogen and oxygen atoms in total. The summed E-state index contributed by atoms with van der Waals surface area (Å²) in [5.41, 5.74) is 1.27. The molecule has 1 fully saturated rings. The highest BCUT2D eigenvalue weighted by molar-refractivity contribution is 5.85. The summed E-state index contributed by atoms with van der Waals surface area (Å²) in [7, 11) is 0. The average Bonchev–Trinajstić information content (AvgIpc) is 3.01. The van der Waals surface area contributed by atoms with Gasteiger partial charge in [0.25, 0.3) is 0 Å². The number of benzene rings is 1. The molecule has 0 aliphatic carbocycles. The fourth-order valence-corrected chi connectivity index (χ4v) is 4.25. The van der Waals surface area contributed by atoms with Crippen molar-refractivity contribution in [1.29, 1.82) is 0 Å². The van der Waals surface area contributed by atoms with Gasteiger partial charge in [0.15, 0.2) is 0 Å². The molecular weight excluding hydrogens is 378 g/mol. The first-order valence-electron chi connectivity index (χ1n) is 10.5. The number of fused-ring (bicyclic) bond motifs is 2. The largest absolute Gasteiger partial charge is 0.494 e. The highest BCUT2D eigenvalue weighted by Gasteiger charge is 2.43. The topological polar surface area (TPSA) is 59.0 Å². The molecule has 0 atom stereocenters. The second-order valence-corrected chi connectivity index (χ2v) is 8.01. The van der Waals surface area contributed by atoms with Gasteiger partial charge in [-0.05, 0) is 50.6 Å². The van der Waals surface area contributed by atoms with Crippen LogP contribution >= 0.6 is 12.4 Å².